The fourth-order valence-corrected chi connectivity index (χ4v) is 1.49. The minimum absolute atomic E-state index is 0.710. The van der Waals surface area contributed by atoms with Gasteiger partial charge < -0.3 is 0 Å². The Morgan fingerprint density at radius 2 is 1.92 bits per heavy atom. The van der Waals surface area contributed by atoms with E-state index in [4.69, 9.17) is 2.81 Å². The van der Waals surface area contributed by atoms with Crippen LogP contribution in [0.25, 0.3) is 10.9 Å². The Hall–Kier alpha value is -0.687. The monoisotopic (exact) mass is 353 g/mol. The van der Waals surface area contributed by atoms with E-state index in [2.05, 4.69) is 4.98 Å². The number of hydrogen-bond donors (Lipinski definition) is 0. The Morgan fingerprint density at radius 1 is 1.08 bits per heavy atom. The van der Waals surface area contributed by atoms with E-state index in [9.17, 15) is 0 Å². The van der Waals surface area contributed by atoms with Crippen molar-refractivity contribution in [3.63, 3.8) is 0 Å². The number of para-hydroxylation sites is 1. The van der Waals surface area contributed by atoms with Gasteiger partial charge in [-0.2, -0.15) is 0 Å². The van der Waals surface area contributed by atoms with Crippen molar-refractivity contribution in [2.75, 3.05) is 0 Å². The van der Waals surface area contributed by atoms with Crippen LogP contribution in [0.5, 0.6) is 5.88 Å². The third-order valence-corrected chi connectivity index (χ3v) is 2.39. The summed E-state index contributed by atoms with van der Waals surface area (Å²) in [4.78, 5) is 4.30. The first-order valence-electron chi connectivity index (χ1n) is 3.57. The Bertz CT molecular complexity index is 402. The molecule has 2 aromatic rings. The van der Waals surface area contributed by atoms with Crippen molar-refractivity contribution >= 4 is 36.1 Å². The Balaban J connectivity index is 2.67. The summed E-state index contributed by atoms with van der Waals surface area (Å²) in [5, 5.41) is 1.15. The summed E-state index contributed by atoms with van der Waals surface area (Å²) in [5.41, 5.74) is 0.987. The summed E-state index contributed by atoms with van der Waals surface area (Å²) in [7, 11) is 0. The van der Waals surface area contributed by atoms with Crippen molar-refractivity contribution in [2.24, 2.45) is 0 Å². The summed E-state index contributed by atoms with van der Waals surface area (Å²) in [5.74, 6) is 0.710. The van der Waals surface area contributed by atoms with Gasteiger partial charge in [-0.3, -0.25) is 0 Å². The number of fused-ring (bicyclic) bond motifs is 1. The zero-order chi connectivity index (χ0) is 8.39. The van der Waals surface area contributed by atoms with E-state index in [1.54, 1.807) is 0 Å². The molecule has 0 aliphatic rings. The van der Waals surface area contributed by atoms with E-state index in [0.29, 0.717) is 5.88 Å². The number of benzene rings is 1. The molecule has 0 aliphatic heterocycles. The van der Waals surface area contributed by atoms with Crippen molar-refractivity contribution in [1.82, 2.24) is 4.98 Å². The molecule has 0 bridgehead atoms. The van der Waals surface area contributed by atoms with Gasteiger partial charge >= 0.3 is 86.1 Å². The molecular weight excluding hydrogens is 347 g/mol. The van der Waals surface area contributed by atoms with E-state index < -0.39 is 0 Å². The summed E-state index contributed by atoms with van der Waals surface area (Å²) in [6.45, 7) is 0. The molecule has 1 aromatic carbocycles. The van der Waals surface area contributed by atoms with Crippen LogP contribution in [0, 0.1) is 0 Å². The van der Waals surface area contributed by atoms with Gasteiger partial charge in [-0.25, -0.2) is 0 Å². The molecular formula is C9H6BiNO. The summed E-state index contributed by atoms with van der Waals surface area (Å²) < 4.78 is 5.12. The molecule has 1 heterocycles. The van der Waals surface area contributed by atoms with Crippen molar-refractivity contribution in [2.45, 2.75) is 0 Å². The van der Waals surface area contributed by atoms with Crippen molar-refractivity contribution in [3.8, 4) is 5.88 Å². The normalized spacial score (nSPS) is 10.1. The summed E-state index contributed by atoms with van der Waals surface area (Å²) in [6, 6.07) is 11.9. The number of rotatable bonds is 1. The van der Waals surface area contributed by atoms with Gasteiger partial charge in [0.2, 0.25) is 0 Å². The third kappa shape index (κ3) is 1.42. The molecule has 2 radical (unpaired) electrons. The molecule has 0 fully saturated rings. The average Bonchev–Trinajstić information content (AvgIpc) is 2.17. The van der Waals surface area contributed by atoms with Crippen LogP contribution >= 0.6 is 0 Å². The molecule has 0 saturated carbocycles. The van der Waals surface area contributed by atoms with Gasteiger partial charge in [0, 0.05) is 0 Å². The molecule has 0 N–H and O–H groups in total. The zero-order valence-corrected chi connectivity index (χ0v) is 9.74. The second-order valence-corrected chi connectivity index (χ2v) is 3.14. The van der Waals surface area contributed by atoms with Crippen LogP contribution in [-0.4, -0.2) is 30.1 Å². The van der Waals surface area contributed by atoms with E-state index in [1.165, 1.54) is 0 Å². The van der Waals surface area contributed by atoms with Crippen molar-refractivity contribution in [1.29, 1.82) is 0 Å². The Morgan fingerprint density at radius 3 is 2.75 bits per heavy atom. The SMILES string of the molecule is [Bi][O]c1ccc2ccccc2n1. The molecule has 2 nitrogen and oxygen atoms in total. The van der Waals surface area contributed by atoms with Crippen LogP contribution in [0.3, 0.4) is 0 Å². The maximum atomic E-state index is 5.12. The average molecular weight is 353 g/mol. The molecule has 0 spiro atoms. The van der Waals surface area contributed by atoms with Crippen LogP contribution in [0.4, 0.5) is 0 Å². The van der Waals surface area contributed by atoms with Gasteiger partial charge in [-0.15, -0.1) is 0 Å². The van der Waals surface area contributed by atoms with Crippen LogP contribution in [-0.2, 0) is 0 Å². The van der Waals surface area contributed by atoms with Crippen LogP contribution in [0.1, 0.15) is 0 Å². The number of aromatic nitrogens is 1. The first-order valence-corrected chi connectivity index (χ1v) is 4.99. The number of hydrogen-bond acceptors (Lipinski definition) is 2. The fourth-order valence-electron chi connectivity index (χ4n) is 1.10. The van der Waals surface area contributed by atoms with Crippen molar-refractivity contribution < 1.29 is 2.81 Å². The predicted octanol–water partition coefficient (Wildman–Crippen LogP) is 1.70. The molecule has 0 saturated heterocycles. The topological polar surface area (TPSA) is 22.1 Å². The van der Waals surface area contributed by atoms with Gasteiger partial charge in [-0.1, -0.05) is 0 Å². The number of nitrogens with zero attached hydrogens (tertiary/aromatic N) is 1. The molecule has 0 aliphatic carbocycles. The van der Waals surface area contributed by atoms with Crippen molar-refractivity contribution in [3.05, 3.63) is 36.4 Å². The molecule has 3 heteroatoms. The quantitative estimate of drug-likeness (QED) is 0.729. The summed E-state index contributed by atoms with van der Waals surface area (Å²) in [6.07, 6.45) is 0. The van der Waals surface area contributed by atoms with Gasteiger partial charge in [0.05, 0.1) is 0 Å². The van der Waals surface area contributed by atoms with Crippen LogP contribution in [0.15, 0.2) is 36.4 Å². The minimum atomic E-state index is 0.710. The van der Waals surface area contributed by atoms with Crippen LogP contribution < -0.4 is 2.81 Å². The van der Waals surface area contributed by atoms with Crippen LogP contribution in [0.2, 0.25) is 0 Å². The molecule has 0 unspecified atom stereocenters. The van der Waals surface area contributed by atoms with Gasteiger partial charge in [0.25, 0.3) is 0 Å². The van der Waals surface area contributed by atoms with E-state index in [0.717, 1.165) is 36.1 Å². The molecule has 1 aromatic heterocycles. The molecule has 58 valence electrons. The second kappa shape index (κ2) is 3.36. The molecule has 0 atom stereocenters. The third-order valence-electron chi connectivity index (χ3n) is 1.67. The predicted molar refractivity (Wildman–Crippen MR) is 48.1 cm³/mol. The van der Waals surface area contributed by atoms with E-state index in [-0.39, 0.29) is 0 Å². The Kier molecular flexibility index (Phi) is 2.22. The zero-order valence-electron chi connectivity index (χ0n) is 6.27. The van der Waals surface area contributed by atoms with E-state index in [1.807, 2.05) is 36.4 Å². The molecule has 0 amide bonds. The van der Waals surface area contributed by atoms with Gasteiger partial charge in [0.1, 0.15) is 0 Å². The van der Waals surface area contributed by atoms with E-state index >= 15 is 0 Å². The molecule has 2 rings (SSSR count). The standard InChI is InChI=1S/C9H7NO.Bi/c11-9-6-5-7-3-1-2-4-8(7)10-9;/h1-6H,(H,10,11);/q;+1/p-1. The first kappa shape index (κ1) is 7.94. The number of pyridine rings is 1. The van der Waals surface area contributed by atoms with Gasteiger partial charge in [0.15, 0.2) is 0 Å². The first-order chi connectivity index (χ1) is 5.90. The second-order valence-electron chi connectivity index (χ2n) is 2.43. The fraction of sp³-hybridized carbons (Fsp3) is 0. The maximum absolute atomic E-state index is 5.12. The molecule has 12 heavy (non-hydrogen) atoms. The summed E-state index contributed by atoms with van der Waals surface area (Å²) >= 11 is 0.876. The van der Waals surface area contributed by atoms with Gasteiger partial charge in [-0.05, 0) is 0 Å². The Labute approximate surface area is 86.0 Å².